The summed E-state index contributed by atoms with van der Waals surface area (Å²) >= 11 is 0. The lowest BCUT2D eigenvalue weighted by atomic mass is 9.80. The summed E-state index contributed by atoms with van der Waals surface area (Å²) in [7, 11) is 1.44. The van der Waals surface area contributed by atoms with Crippen LogP contribution in [0.25, 0.3) is 0 Å². The van der Waals surface area contributed by atoms with E-state index < -0.39 is 70.6 Å². The van der Waals surface area contributed by atoms with Gasteiger partial charge in [0.2, 0.25) is 17.6 Å². The van der Waals surface area contributed by atoms with Gasteiger partial charge < -0.3 is 36.6 Å². The second-order valence-electron chi connectivity index (χ2n) is 15.4. The zero-order valence-electron chi connectivity index (χ0n) is 27.7. The first-order valence-corrected chi connectivity index (χ1v) is 15.6. The van der Waals surface area contributed by atoms with Gasteiger partial charge in [0.05, 0.1) is 12.1 Å². The van der Waals surface area contributed by atoms with Gasteiger partial charge in [0, 0.05) is 13.6 Å². The van der Waals surface area contributed by atoms with Crippen molar-refractivity contribution in [1.82, 2.24) is 26.2 Å². The fourth-order valence-electron chi connectivity index (χ4n) is 6.42. The highest BCUT2D eigenvalue weighted by molar-refractivity contribution is 6.37. The monoisotopic (exact) mass is 620 g/mol. The molecular weight excluding hydrogens is 568 g/mol. The van der Waals surface area contributed by atoms with E-state index in [1.54, 1.807) is 0 Å². The van der Waals surface area contributed by atoms with Gasteiger partial charge in [0.15, 0.2) is 0 Å². The Labute approximate surface area is 260 Å². The molecule has 44 heavy (non-hydrogen) atoms. The molecule has 6 atom stereocenters. The number of amides is 6. The number of likely N-dealkylation sites (tertiary alicyclic amines) is 1. The zero-order valence-corrected chi connectivity index (χ0v) is 27.7. The van der Waals surface area contributed by atoms with Crippen molar-refractivity contribution in [2.75, 3.05) is 20.2 Å². The molecule has 1 heterocycles. The van der Waals surface area contributed by atoms with Crippen LogP contribution in [0.1, 0.15) is 81.1 Å². The summed E-state index contributed by atoms with van der Waals surface area (Å²) in [5, 5.41) is 10.8. The summed E-state index contributed by atoms with van der Waals surface area (Å²) in [6.45, 7) is 15.5. The molecule has 0 aromatic carbocycles. The van der Waals surface area contributed by atoms with Gasteiger partial charge in [-0.05, 0) is 40.4 Å². The summed E-state index contributed by atoms with van der Waals surface area (Å²) in [6.07, 6.45) is 2.57. The van der Waals surface area contributed by atoms with Gasteiger partial charge in [-0.25, -0.2) is 9.59 Å². The quantitative estimate of drug-likeness (QED) is 0.217. The number of rotatable bonds is 11. The van der Waals surface area contributed by atoms with Crippen LogP contribution < -0.4 is 27.0 Å². The van der Waals surface area contributed by atoms with Crippen molar-refractivity contribution in [3.8, 4) is 0 Å². The molecule has 3 rings (SSSR count). The van der Waals surface area contributed by atoms with E-state index >= 15 is 0 Å². The molecule has 2 aliphatic carbocycles. The molecule has 1 unspecified atom stereocenters. The SMILES string of the molecule is CNC(=O)OC[C@@H](NC(=O)N[C@H](C(=O)N1C[C@H]2[C@@H]([C@H]1C(=O)NC(CC1CCC1)C(=O)C(N)=O)C2(C)C)C(C)(C)C)C(C)(C)C. The molecule has 13 heteroatoms. The fourth-order valence-corrected chi connectivity index (χ4v) is 6.42. The number of primary amides is 1. The molecular formula is C31H52N6O7. The van der Waals surface area contributed by atoms with E-state index in [4.69, 9.17) is 10.5 Å². The lowest BCUT2D eigenvalue weighted by Crippen LogP contribution is -2.62. The lowest BCUT2D eigenvalue weighted by Gasteiger charge is -2.38. The predicted molar refractivity (Wildman–Crippen MR) is 163 cm³/mol. The molecule has 248 valence electrons. The largest absolute Gasteiger partial charge is 0.447 e. The van der Waals surface area contributed by atoms with Gasteiger partial charge in [0.25, 0.3) is 5.91 Å². The van der Waals surface area contributed by atoms with Crippen molar-refractivity contribution >= 4 is 35.6 Å². The number of piperidine rings is 1. The topological polar surface area (TPSA) is 189 Å². The van der Waals surface area contributed by atoms with Crippen LogP contribution in [0.3, 0.4) is 0 Å². The summed E-state index contributed by atoms with van der Waals surface area (Å²) < 4.78 is 5.19. The minimum atomic E-state index is -1.10. The number of ether oxygens (including phenoxy) is 1. The van der Waals surface area contributed by atoms with Crippen LogP contribution in [-0.4, -0.2) is 84.9 Å². The van der Waals surface area contributed by atoms with Gasteiger partial charge in [-0.15, -0.1) is 0 Å². The van der Waals surface area contributed by atoms with Gasteiger partial charge in [-0.3, -0.25) is 19.2 Å². The van der Waals surface area contributed by atoms with Crippen LogP contribution >= 0.6 is 0 Å². The Bertz CT molecular complexity index is 1150. The molecule has 1 aliphatic heterocycles. The zero-order chi connectivity index (χ0) is 33.4. The molecule has 6 N–H and O–H groups in total. The summed E-state index contributed by atoms with van der Waals surface area (Å²) in [6, 6.07) is -4.10. The maximum absolute atomic E-state index is 14.2. The Balaban J connectivity index is 1.81. The van der Waals surface area contributed by atoms with Gasteiger partial charge >= 0.3 is 12.1 Å². The van der Waals surface area contributed by atoms with Crippen molar-refractivity contribution in [3.63, 3.8) is 0 Å². The molecule has 0 bridgehead atoms. The molecule has 0 radical (unpaired) electrons. The van der Waals surface area contributed by atoms with E-state index in [1.807, 2.05) is 55.4 Å². The third kappa shape index (κ3) is 7.82. The number of nitrogens with zero attached hydrogens (tertiary/aromatic N) is 1. The number of hydrogen-bond donors (Lipinski definition) is 5. The van der Waals surface area contributed by atoms with Crippen LogP contribution in [0, 0.1) is 34.0 Å². The van der Waals surface area contributed by atoms with Crippen LogP contribution in [-0.2, 0) is 23.9 Å². The highest BCUT2D eigenvalue weighted by atomic mass is 16.5. The highest BCUT2D eigenvalue weighted by Gasteiger charge is 2.70. The Morgan fingerprint density at radius 1 is 0.955 bits per heavy atom. The van der Waals surface area contributed by atoms with Crippen LogP contribution in [0.5, 0.6) is 0 Å². The molecule has 6 amide bonds. The van der Waals surface area contributed by atoms with E-state index in [2.05, 4.69) is 21.3 Å². The first kappa shape index (κ1) is 35.1. The molecule has 1 saturated heterocycles. The van der Waals surface area contributed by atoms with Crippen LogP contribution in [0.4, 0.5) is 9.59 Å². The normalized spacial score (nSPS) is 24.5. The number of ketones is 1. The van der Waals surface area contributed by atoms with E-state index in [1.165, 1.54) is 11.9 Å². The molecule has 3 fully saturated rings. The maximum atomic E-state index is 14.2. The predicted octanol–water partition coefficient (Wildman–Crippen LogP) is 1.68. The number of carbonyl (C=O) groups excluding carboxylic acids is 6. The maximum Gasteiger partial charge on any atom is 0.406 e. The van der Waals surface area contributed by atoms with Gasteiger partial charge in [-0.1, -0.05) is 74.7 Å². The number of fused-ring (bicyclic) bond motifs is 1. The smallest absolute Gasteiger partial charge is 0.406 e. The Morgan fingerprint density at radius 3 is 2.05 bits per heavy atom. The Morgan fingerprint density at radius 2 is 1.57 bits per heavy atom. The third-order valence-corrected chi connectivity index (χ3v) is 9.75. The second kappa shape index (κ2) is 12.9. The average molecular weight is 621 g/mol. The number of hydrogen-bond acceptors (Lipinski definition) is 7. The summed E-state index contributed by atoms with van der Waals surface area (Å²) in [5.74, 6) is -2.69. The minimum Gasteiger partial charge on any atom is -0.447 e. The molecule has 13 nitrogen and oxygen atoms in total. The molecule has 3 aliphatic rings. The van der Waals surface area contributed by atoms with E-state index in [9.17, 15) is 28.8 Å². The summed E-state index contributed by atoms with van der Waals surface area (Å²) in [5.41, 5.74) is 3.91. The Kier molecular flexibility index (Phi) is 10.3. The lowest BCUT2D eigenvalue weighted by molar-refractivity contribution is -0.145. The van der Waals surface area contributed by atoms with Gasteiger partial charge in [0.1, 0.15) is 18.7 Å². The van der Waals surface area contributed by atoms with E-state index in [0.29, 0.717) is 13.0 Å². The van der Waals surface area contributed by atoms with Crippen LogP contribution in [0.2, 0.25) is 0 Å². The van der Waals surface area contributed by atoms with E-state index in [-0.39, 0.29) is 29.8 Å². The number of alkyl carbamates (subject to hydrolysis) is 1. The van der Waals surface area contributed by atoms with Crippen molar-refractivity contribution in [2.45, 2.75) is 105 Å². The molecule has 0 aromatic rings. The molecule has 0 aromatic heterocycles. The molecule has 0 spiro atoms. The molecule has 2 saturated carbocycles. The first-order chi connectivity index (χ1) is 20.2. The highest BCUT2D eigenvalue weighted by Crippen LogP contribution is 2.65. The first-order valence-electron chi connectivity index (χ1n) is 15.6. The number of urea groups is 1. The van der Waals surface area contributed by atoms with Crippen molar-refractivity contribution in [3.05, 3.63) is 0 Å². The summed E-state index contributed by atoms with van der Waals surface area (Å²) in [4.78, 5) is 79.0. The van der Waals surface area contributed by atoms with Crippen molar-refractivity contribution in [1.29, 1.82) is 0 Å². The number of nitrogens with two attached hydrogens (primary N) is 1. The average Bonchev–Trinajstić information content (AvgIpc) is 3.21. The Hall–Kier alpha value is -3.38. The second-order valence-corrected chi connectivity index (χ2v) is 15.4. The van der Waals surface area contributed by atoms with Crippen LogP contribution in [0.15, 0.2) is 0 Å². The van der Waals surface area contributed by atoms with Crippen molar-refractivity contribution < 1.29 is 33.5 Å². The minimum absolute atomic E-state index is 0.0701. The van der Waals surface area contributed by atoms with Gasteiger partial charge in [-0.2, -0.15) is 0 Å². The van der Waals surface area contributed by atoms with E-state index in [0.717, 1.165) is 19.3 Å². The standard InChI is InChI=1S/C31H52N6O7/c1-29(2,3)19(15-44-28(43)33-9)35-27(42)36-23(30(4,5)6)26(41)37-14-17-20(31(17,7)8)21(37)25(40)34-18(22(38)24(32)39)13-16-11-10-12-16/h16-21,23H,10-15H2,1-9H3,(H2,32,39)(H,33,43)(H,34,40)(H2,35,36,42)/t17-,18?,19+,20-,21-,23+/m0/s1. The third-order valence-electron chi connectivity index (χ3n) is 9.75. The van der Waals surface area contributed by atoms with Crippen molar-refractivity contribution in [2.24, 2.45) is 39.7 Å². The number of carbonyl (C=O) groups is 6. The number of Topliss-reactive ketones (excluding diaryl/α,β-unsaturated/α-hetero) is 1. The number of nitrogens with one attached hydrogen (secondary N) is 4. The fraction of sp³-hybridized carbons (Fsp3) is 0.806.